The van der Waals surface area contributed by atoms with E-state index in [0.717, 1.165) is 38.9 Å². The monoisotopic (exact) mass is 942 g/mol. The third kappa shape index (κ3) is 10.7. The van der Waals surface area contributed by atoms with Gasteiger partial charge >= 0.3 is 5.97 Å². The Balaban J connectivity index is 1.34. The molecule has 69 heavy (non-hydrogen) atoms. The van der Waals surface area contributed by atoms with Gasteiger partial charge in [0.05, 0.1) is 36.4 Å². The average molecular weight is 942 g/mol. The first-order chi connectivity index (χ1) is 32.8. The molecular weight excluding hydrogens is 875 g/mol. The fourth-order valence-electron chi connectivity index (χ4n) is 10.3. The summed E-state index contributed by atoms with van der Waals surface area (Å²) in [7, 11) is 3.25. The van der Waals surface area contributed by atoms with Crippen molar-refractivity contribution in [3.05, 3.63) is 90.0 Å². The molecule has 0 saturated carbocycles. The average Bonchev–Trinajstić information content (AvgIpc) is 3.95. The number of phenolic OH excluding ortho intramolecular Hbond substituents is 1. The number of nitrogens with one attached hydrogen (secondary N) is 2. The summed E-state index contributed by atoms with van der Waals surface area (Å²) in [5, 5.41) is 27.4. The van der Waals surface area contributed by atoms with Crippen LogP contribution in [0.2, 0.25) is 0 Å². The standard InChI is InChI=1S/C54H67N7O8/c1-10-46(63)59-22-19-37(30-59)50(65)58(8)47(33(2)3)49(64)56-44-26-34-24-38(27-39(62)25-34)36-17-18-45-41(28-36)42(29-53(4,5)32-69-52(67)43-16-13-21-60(57-43)51(44)66)48(61(45)54(6,7)31-55)40-15-12-11-14-35(40)20-23-68-9/h10-12,14-15,17-18,24-25,27-28,33,37,43-44,47,57,62H,1,13,16,19-23,26,29-30,32H2,2-9H3,(H,56,64)/t37-,43-,44-,47-/m0/s1. The van der Waals surface area contributed by atoms with Gasteiger partial charge in [-0.25, -0.2) is 5.43 Å². The number of carbonyl (C=O) groups is 5. The van der Waals surface area contributed by atoms with Crippen LogP contribution >= 0.6 is 0 Å². The summed E-state index contributed by atoms with van der Waals surface area (Å²) in [6, 6.07) is 18.8. The number of hydrogen-bond donors (Lipinski definition) is 3. The molecule has 15 heteroatoms. The summed E-state index contributed by atoms with van der Waals surface area (Å²) in [6.45, 7) is 16.5. The van der Waals surface area contributed by atoms with Gasteiger partial charge in [0.2, 0.25) is 17.7 Å². The molecule has 3 aliphatic rings. The Morgan fingerprint density at radius 3 is 2.55 bits per heavy atom. The fraction of sp³-hybridized carbons (Fsp3) is 0.481. The third-order valence-corrected chi connectivity index (χ3v) is 13.8. The van der Waals surface area contributed by atoms with Gasteiger partial charge in [-0.1, -0.05) is 70.7 Å². The topological polar surface area (TPSA) is 187 Å². The number of nitriles is 1. The van der Waals surface area contributed by atoms with Crippen LogP contribution in [-0.4, -0.2) is 119 Å². The number of methoxy groups -OCH3 is 1. The van der Waals surface area contributed by atoms with Crippen molar-refractivity contribution in [3.8, 4) is 34.2 Å². The van der Waals surface area contributed by atoms with Crippen molar-refractivity contribution in [3.63, 3.8) is 0 Å². The van der Waals surface area contributed by atoms with Crippen LogP contribution in [0.3, 0.4) is 0 Å². The second kappa shape index (κ2) is 20.6. The minimum absolute atomic E-state index is 0.0418. The summed E-state index contributed by atoms with van der Waals surface area (Å²) in [6.07, 6.45) is 3.62. The Kier molecular flexibility index (Phi) is 15.1. The number of fused-ring (bicyclic) bond motifs is 6. The molecule has 0 radical (unpaired) electrons. The number of nitrogens with zero attached hydrogens (tertiary/aromatic N) is 5. The molecule has 7 rings (SSSR count). The van der Waals surface area contributed by atoms with E-state index < -0.39 is 52.8 Å². The van der Waals surface area contributed by atoms with Gasteiger partial charge in [0, 0.05) is 56.6 Å². The zero-order valence-electron chi connectivity index (χ0n) is 41.3. The van der Waals surface area contributed by atoms with Crippen LogP contribution in [0.25, 0.3) is 33.3 Å². The van der Waals surface area contributed by atoms with Crippen LogP contribution in [0, 0.1) is 28.6 Å². The number of benzene rings is 3. The van der Waals surface area contributed by atoms with Crippen LogP contribution in [-0.2, 0) is 58.2 Å². The first-order valence-electron chi connectivity index (χ1n) is 24.0. The molecular formula is C54H67N7O8. The van der Waals surface area contributed by atoms with Crippen LogP contribution < -0.4 is 10.7 Å². The number of likely N-dealkylation sites (tertiary alicyclic amines) is 1. The molecule has 4 amide bonds. The van der Waals surface area contributed by atoms with Crippen LogP contribution in [0.5, 0.6) is 5.75 Å². The molecule has 4 aromatic rings. The number of likely N-dealkylation sites (N-methyl/N-ethyl adjacent to an activating group) is 1. The molecule has 0 unspecified atom stereocenters. The Labute approximate surface area is 405 Å². The third-order valence-electron chi connectivity index (χ3n) is 13.8. The summed E-state index contributed by atoms with van der Waals surface area (Å²) >= 11 is 0. The Hall–Kier alpha value is -6.50. The van der Waals surface area contributed by atoms with Crippen LogP contribution in [0.4, 0.5) is 0 Å². The number of amides is 4. The second-order valence-corrected chi connectivity index (χ2v) is 20.5. The van der Waals surface area contributed by atoms with Gasteiger partial charge in [-0.2, -0.15) is 5.26 Å². The van der Waals surface area contributed by atoms with Gasteiger partial charge in [0.15, 0.2) is 0 Å². The summed E-state index contributed by atoms with van der Waals surface area (Å²) in [5.41, 5.74) is 8.18. The molecule has 3 aromatic carbocycles. The molecule has 2 fully saturated rings. The second-order valence-electron chi connectivity index (χ2n) is 20.5. The molecule has 2 saturated heterocycles. The van der Waals surface area contributed by atoms with E-state index in [1.807, 2.05) is 71.9 Å². The van der Waals surface area contributed by atoms with Gasteiger partial charge in [0.1, 0.15) is 29.4 Å². The number of rotatable bonds is 11. The van der Waals surface area contributed by atoms with Gasteiger partial charge in [-0.05, 0) is 110 Å². The predicted octanol–water partition coefficient (Wildman–Crippen LogP) is 6.29. The molecule has 15 nitrogen and oxygen atoms in total. The van der Waals surface area contributed by atoms with Gasteiger partial charge in [-0.15, -0.1) is 0 Å². The lowest BCUT2D eigenvalue weighted by Gasteiger charge is -2.37. The number of carbonyl (C=O) groups excluding carboxylic acids is 5. The number of ether oxygens (including phenoxy) is 2. The molecule has 6 bridgehead atoms. The van der Waals surface area contributed by atoms with Crippen molar-refractivity contribution in [2.75, 3.05) is 47.0 Å². The Bertz CT molecular complexity index is 2680. The van der Waals surface area contributed by atoms with E-state index in [0.29, 0.717) is 56.4 Å². The normalized spacial score (nSPS) is 20.2. The van der Waals surface area contributed by atoms with Crippen molar-refractivity contribution in [2.24, 2.45) is 17.3 Å². The minimum atomic E-state index is -1.19. The van der Waals surface area contributed by atoms with Crippen molar-refractivity contribution < 1.29 is 38.6 Å². The first kappa shape index (κ1) is 50.4. The van der Waals surface area contributed by atoms with E-state index in [-0.39, 0.29) is 49.6 Å². The highest BCUT2D eigenvalue weighted by Gasteiger charge is 2.40. The van der Waals surface area contributed by atoms with Gasteiger partial charge < -0.3 is 34.3 Å². The molecule has 0 spiro atoms. The number of cyclic esters (lactones) is 1. The van der Waals surface area contributed by atoms with Crippen LogP contribution in [0.1, 0.15) is 77.5 Å². The van der Waals surface area contributed by atoms with Gasteiger partial charge in [-0.3, -0.25) is 29.0 Å². The highest BCUT2D eigenvalue weighted by molar-refractivity contribution is 5.97. The van der Waals surface area contributed by atoms with E-state index in [2.05, 4.69) is 46.2 Å². The van der Waals surface area contributed by atoms with Crippen molar-refractivity contribution in [1.29, 1.82) is 5.26 Å². The lowest BCUT2D eigenvalue weighted by atomic mass is 9.83. The molecule has 4 atom stereocenters. The predicted molar refractivity (Wildman–Crippen MR) is 263 cm³/mol. The van der Waals surface area contributed by atoms with Crippen molar-refractivity contribution >= 4 is 40.5 Å². The summed E-state index contributed by atoms with van der Waals surface area (Å²) in [4.78, 5) is 72.6. The van der Waals surface area contributed by atoms with Gasteiger partial charge in [0.25, 0.3) is 5.91 Å². The Morgan fingerprint density at radius 1 is 1.09 bits per heavy atom. The summed E-state index contributed by atoms with van der Waals surface area (Å²) in [5.74, 6) is -3.01. The SMILES string of the molecule is C=CC(=O)N1CC[C@H](C(=O)N(C)[C@H](C(=O)N[C@H]2Cc3cc(O)cc(c3)-c3ccc4c(c3)c(c(-c3ccccc3CCOC)n4C(C)(C)C#N)CC(C)(C)COC(=O)[C@@H]3CCCN(N3)C2=O)C(C)C)C1. The van der Waals surface area contributed by atoms with E-state index in [9.17, 15) is 34.3 Å². The van der Waals surface area contributed by atoms with E-state index in [4.69, 9.17) is 9.47 Å². The minimum Gasteiger partial charge on any atom is -0.508 e. The number of aromatic hydroxyl groups is 1. The molecule has 3 N–H and O–H groups in total. The number of hydrazine groups is 1. The fourth-order valence-corrected chi connectivity index (χ4v) is 10.3. The molecule has 366 valence electrons. The Morgan fingerprint density at radius 2 is 1.84 bits per heavy atom. The quantitative estimate of drug-likeness (QED) is 0.114. The largest absolute Gasteiger partial charge is 0.508 e. The molecule has 0 aliphatic carbocycles. The van der Waals surface area contributed by atoms with Crippen molar-refractivity contribution in [2.45, 2.75) is 104 Å². The smallest absolute Gasteiger partial charge is 0.324 e. The zero-order valence-corrected chi connectivity index (χ0v) is 41.3. The zero-order chi connectivity index (χ0) is 49.9. The maximum Gasteiger partial charge on any atom is 0.324 e. The molecule has 3 aliphatic heterocycles. The first-order valence-corrected chi connectivity index (χ1v) is 24.0. The van der Waals surface area contributed by atoms with E-state index in [1.165, 1.54) is 16.0 Å². The maximum absolute atomic E-state index is 14.8. The van der Waals surface area contributed by atoms with E-state index in [1.54, 1.807) is 31.2 Å². The number of esters is 1. The number of aromatic nitrogens is 1. The number of hydrogen-bond acceptors (Lipinski definition) is 10. The highest BCUT2D eigenvalue weighted by Crippen LogP contribution is 2.44. The highest BCUT2D eigenvalue weighted by atomic mass is 16.5. The van der Waals surface area contributed by atoms with Crippen LogP contribution in [0.15, 0.2) is 73.3 Å². The van der Waals surface area contributed by atoms with Crippen molar-refractivity contribution in [1.82, 2.24) is 30.1 Å². The maximum atomic E-state index is 14.8. The molecule has 1 aromatic heterocycles. The lowest BCUT2D eigenvalue weighted by Crippen LogP contribution is -2.62. The van der Waals surface area contributed by atoms with E-state index >= 15 is 0 Å². The lowest BCUT2D eigenvalue weighted by molar-refractivity contribution is -0.155. The number of phenols is 1. The summed E-state index contributed by atoms with van der Waals surface area (Å²) < 4.78 is 13.8. The molecule has 4 heterocycles.